The molecule has 4 rings (SSSR count). The summed E-state index contributed by atoms with van der Waals surface area (Å²) in [7, 11) is -4.11. The van der Waals surface area contributed by atoms with Gasteiger partial charge < -0.3 is 4.74 Å². The molecule has 0 spiro atoms. The van der Waals surface area contributed by atoms with E-state index in [1.54, 1.807) is 34.9 Å². The van der Waals surface area contributed by atoms with Crippen LogP contribution in [-0.4, -0.2) is 24.2 Å². The summed E-state index contributed by atoms with van der Waals surface area (Å²) in [6.45, 7) is 1.64. The second-order valence-corrected chi connectivity index (χ2v) is 9.40. The highest BCUT2D eigenvalue weighted by Gasteiger charge is 2.32. The van der Waals surface area contributed by atoms with E-state index in [9.17, 15) is 21.6 Å². The van der Waals surface area contributed by atoms with E-state index in [0.717, 1.165) is 22.0 Å². The maximum Gasteiger partial charge on any atom is 0.573 e. The van der Waals surface area contributed by atoms with Crippen LogP contribution in [0, 0.1) is 6.92 Å². The van der Waals surface area contributed by atoms with Crippen molar-refractivity contribution in [3.63, 3.8) is 0 Å². The molecular weight excluding hydrogens is 479 g/mol. The lowest BCUT2D eigenvalue weighted by molar-refractivity contribution is -0.274. The summed E-state index contributed by atoms with van der Waals surface area (Å²) in [6.07, 6.45) is -3.10. The predicted molar refractivity (Wildman–Crippen MR) is 118 cm³/mol. The minimum absolute atomic E-state index is 0.00161. The quantitative estimate of drug-likeness (QED) is 0.350. The van der Waals surface area contributed by atoms with Gasteiger partial charge in [0.1, 0.15) is 11.4 Å². The third kappa shape index (κ3) is 4.91. The average molecular weight is 496 g/mol. The molecule has 0 amide bonds. The number of aryl methyl sites for hydroxylation is 1. The van der Waals surface area contributed by atoms with E-state index in [0.29, 0.717) is 11.2 Å². The number of alkyl halides is 3. The van der Waals surface area contributed by atoms with Crippen LogP contribution in [0.3, 0.4) is 0 Å². The molecular formula is C22H17ClF3N3O3S. The van der Waals surface area contributed by atoms with E-state index < -0.39 is 22.1 Å². The van der Waals surface area contributed by atoms with Crippen LogP contribution in [0.4, 0.5) is 19.0 Å². The standard InChI is InChI=1S/C22H17ClF3N3O3S/c1-15-7-12-19-27-21(20(23)28(19)13-15)29(33(30,31)18-5-3-2-4-6-18)14-16-8-10-17(11-9-16)32-22(24,25)26/h2-13H,14H2,1H3. The molecule has 33 heavy (non-hydrogen) atoms. The molecule has 172 valence electrons. The van der Waals surface area contributed by atoms with E-state index in [2.05, 4.69) is 9.72 Å². The van der Waals surface area contributed by atoms with Crippen molar-refractivity contribution in [2.24, 2.45) is 0 Å². The van der Waals surface area contributed by atoms with Crippen LogP contribution in [0.15, 0.2) is 77.8 Å². The lowest BCUT2D eigenvalue weighted by atomic mass is 10.2. The first-order valence-corrected chi connectivity index (χ1v) is 11.4. The summed E-state index contributed by atoms with van der Waals surface area (Å²) < 4.78 is 70.9. The number of aromatic nitrogens is 2. The van der Waals surface area contributed by atoms with Gasteiger partial charge >= 0.3 is 6.36 Å². The normalized spacial score (nSPS) is 12.2. The van der Waals surface area contributed by atoms with Crippen LogP contribution in [0.1, 0.15) is 11.1 Å². The third-order valence-corrected chi connectivity index (χ3v) is 6.84. The molecule has 11 heteroatoms. The number of anilines is 1. The molecule has 0 aliphatic carbocycles. The molecule has 6 nitrogen and oxygen atoms in total. The third-order valence-electron chi connectivity index (χ3n) is 4.74. The van der Waals surface area contributed by atoms with Gasteiger partial charge in [0, 0.05) is 6.20 Å². The molecule has 2 aromatic carbocycles. The Labute approximate surface area is 192 Å². The molecule has 0 aliphatic heterocycles. The number of nitrogens with zero attached hydrogens (tertiary/aromatic N) is 3. The van der Waals surface area contributed by atoms with Crippen LogP contribution in [-0.2, 0) is 16.6 Å². The average Bonchev–Trinajstić information content (AvgIpc) is 3.08. The van der Waals surface area contributed by atoms with Crippen LogP contribution in [0.2, 0.25) is 5.15 Å². The Morgan fingerprint density at radius 2 is 1.70 bits per heavy atom. The zero-order valence-electron chi connectivity index (χ0n) is 17.1. The molecule has 0 radical (unpaired) electrons. The first-order valence-electron chi connectivity index (χ1n) is 9.61. The first kappa shape index (κ1) is 22.9. The second-order valence-electron chi connectivity index (χ2n) is 7.18. The van der Waals surface area contributed by atoms with Crippen molar-refractivity contribution in [1.82, 2.24) is 9.38 Å². The van der Waals surface area contributed by atoms with Crippen molar-refractivity contribution in [2.75, 3.05) is 4.31 Å². The number of sulfonamides is 1. The van der Waals surface area contributed by atoms with Gasteiger partial charge in [0.2, 0.25) is 0 Å². The van der Waals surface area contributed by atoms with Gasteiger partial charge in [-0.05, 0) is 48.4 Å². The summed E-state index contributed by atoms with van der Waals surface area (Å²) in [4.78, 5) is 4.43. The van der Waals surface area contributed by atoms with Crippen molar-refractivity contribution in [3.8, 4) is 5.75 Å². The molecule has 0 saturated carbocycles. The number of rotatable bonds is 6. The fourth-order valence-corrected chi connectivity index (χ4v) is 4.98. The van der Waals surface area contributed by atoms with Crippen molar-refractivity contribution in [2.45, 2.75) is 24.7 Å². The number of halogens is 4. The Morgan fingerprint density at radius 3 is 2.33 bits per heavy atom. The van der Waals surface area contributed by atoms with Gasteiger partial charge in [0.15, 0.2) is 11.0 Å². The monoisotopic (exact) mass is 495 g/mol. The number of fused-ring (bicyclic) bond motifs is 1. The number of hydrogen-bond donors (Lipinski definition) is 0. The molecule has 0 unspecified atom stereocenters. The highest BCUT2D eigenvalue weighted by Crippen LogP contribution is 2.33. The Morgan fingerprint density at radius 1 is 1.03 bits per heavy atom. The Kier molecular flexibility index (Phi) is 5.98. The van der Waals surface area contributed by atoms with E-state index in [1.807, 2.05) is 13.0 Å². The Hall–Kier alpha value is -3.24. The van der Waals surface area contributed by atoms with Crippen molar-refractivity contribution in [1.29, 1.82) is 0 Å². The van der Waals surface area contributed by atoms with Crippen LogP contribution in [0.5, 0.6) is 5.75 Å². The summed E-state index contributed by atoms with van der Waals surface area (Å²) in [6, 6.07) is 16.2. The molecule has 0 aliphatic rings. The molecule has 0 fully saturated rings. The van der Waals surface area contributed by atoms with Gasteiger partial charge in [-0.25, -0.2) is 17.7 Å². The fraction of sp³-hybridized carbons (Fsp3) is 0.136. The Bertz CT molecular complexity index is 1390. The highest BCUT2D eigenvalue weighted by molar-refractivity contribution is 7.92. The minimum atomic E-state index is -4.83. The maximum atomic E-state index is 13.5. The molecule has 0 atom stereocenters. The summed E-state index contributed by atoms with van der Waals surface area (Å²) in [5.74, 6) is -0.410. The smallest absolute Gasteiger partial charge is 0.406 e. The van der Waals surface area contributed by atoms with Crippen molar-refractivity contribution < 1.29 is 26.3 Å². The fourth-order valence-electron chi connectivity index (χ4n) is 3.22. The summed E-state index contributed by atoms with van der Waals surface area (Å²) >= 11 is 6.53. The zero-order chi connectivity index (χ0) is 23.8. The largest absolute Gasteiger partial charge is 0.573 e. The Balaban J connectivity index is 1.78. The van der Waals surface area contributed by atoms with E-state index in [-0.39, 0.29) is 22.4 Å². The van der Waals surface area contributed by atoms with Gasteiger partial charge in [0.05, 0.1) is 11.4 Å². The SMILES string of the molecule is Cc1ccc2nc(N(Cc3ccc(OC(F)(F)F)cc3)S(=O)(=O)c3ccccc3)c(Cl)n2c1. The summed E-state index contributed by atoms with van der Waals surface area (Å²) in [5.41, 5.74) is 1.75. The van der Waals surface area contributed by atoms with Gasteiger partial charge in [0.25, 0.3) is 10.0 Å². The first-order chi connectivity index (χ1) is 15.5. The lowest BCUT2D eigenvalue weighted by Gasteiger charge is -2.23. The molecule has 2 heterocycles. The van der Waals surface area contributed by atoms with Crippen LogP contribution < -0.4 is 9.04 Å². The van der Waals surface area contributed by atoms with E-state index >= 15 is 0 Å². The van der Waals surface area contributed by atoms with E-state index in [4.69, 9.17) is 11.6 Å². The topological polar surface area (TPSA) is 63.9 Å². The van der Waals surface area contributed by atoms with Crippen molar-refractivity contribution in [3.05, 3.63) is 89.2 Å². The summed E-state index contributed by atoms with van der Waals surface area (Å²) in [5, 5.41) is 0.0882. The van der Waals surface area contributed by atoms with Gasteiger partial charge in [-0.2, -0.15) is 0 Å². The molecule has 4 aromatic rings. The maximum absolute atomic E-state index is 13.5. The highest BCUT2D eigenvalue weighted by atomic mass is 35.5. The van der Waals surface area contributed by atoms with Crippen LogP contribution in [0.25, 0.3) is 5.65 Å². The second kappa shape index (κ2) is 8.60. The number of ether oxygens (including phenoxy) is 1. The van der Waals surface area contributed by atoms with Gasteiger partial charge in [-0.15, -0.1) is 13.2 Å². The van der Waals surface area contributed by atoms with Crippen molar-refractivity contribution >= 4 is 33.1 Å². The molecule has 0 bridgehead atoms. The number of hydrogen-bond acceptors (Lipinski definition) is 4. The molecule has 2 aromatic heterocycles. The predicted octanol–water partition coefficient (Wildman–Crippen LogP) is 5.59. The lowest BCUT2D eigenvalue weighted by Crippen LogP contribution is -2.31. The number of pyridine rings is 1. The van der Waals surface area contributed by atoms with Gasteiger partial charge in [-0.1, -0.05) is 48.0 Å². The van der Waals surface area contributed by atoms with Crippen LogP contribution >= 0.6 is 11.6 Å². The minimum Gasteiger partial charge on any atom is -0.406 e. The molecule has 0 N–H and O–H groups in total. The van der Waals surface area contributed by atoms with E-state index in [1.165, 1.54) is 24.3 Å². The zero-order valence-corrected chi connectivity index (χ0v) is 18.7. The van der Waals surface area contributed by atoms with Gasteiger partial charge in [-0.3, -0.25) is 4.40 Å². The molecule has 0 saturated heterocycles. The number of imidazole rings is 1. The number of benzene rings is 2.